The van der Waals surface area contributed by atoms with Gasteiger partial charge in [0.15, 0.2) is 5.78 Å². The van der Waals surface area contributed by atoms with Crippen molar-refractivity contribution in [3.05, 3.63) is 34.9 Å². The molecule has 0 fully saturated rings. The Labute approximate surface area is 111 Å². The molecule has 0 N–H and O–H groups in total. The summed E-state index contributed by atoms with van der Waals surface area (Å²) in [5.74, 6) is 0.258. The summed E-state index contributed by atoms with van der Waals surface area (Å²) >= 11 is 0. The van der Waals surface area contributed by atoms with Crippen molar-refractivity contribution in [1.29, 1.82) is 0 Å². The zero-order valence-electron chi connectivity index (χ0n) is 12.1. The predicted octanol–water partition coefficient (Wildman–Crippen LogP) is 3.68. The van der Waals surface area contributed by atoms with Crippen LogP contribution in [0.2, 0.25) is 0 Å². The minimum atomic E-state index is 0.258. The molecule has 0 radical (unpaired) electrons. The number of aryl methyl sites for hydroxylation is 1. The highest BCUT2D eigenvalue weighted by molar-refractivity contribution is 5.97. The summed E-state index contributed by atoms with van der Waals surface area (Å²) in [7, 11) is 0. The summed E-state index contributed by atoms with van der Waals surface area (Å²) in [6, 6.07) is 6.36. The first-order chi connectivity index (χ1) is 8.65. The summed E-state index contributed by atoms with van der Waals surface area (Å²) in [4.78, 5) is 14.3. The lowest BCUT2D eigenvalue weighted by molar-refractivity contribution is 0.0987. The van der Waals surface area contributed by atoms with Crippen molar-refractivity contribution in [2.45, 2.75) is 47.1 Å². The van der Waals surface area contributed by atoms with Crippen LogP contribution in [-0.2, 0) is 13.0 Å². The Morgan fingerprint density at radius 3 is 2.28 bits per heavy atom. The molecule has 0 spiro atoms. The van der Waals surface area contributed by atoms with Crippen LogP contribution in [0.3, 0.4) is 0 Å². The molecular formula is C16H25NO. The number of nitrogens with zero attached hydrogens (tertiary/aromatic N) is 1. The van der Waals surface area contributed by atoms with Gasteiger partial charge in [-0.2, -0.15) is 0 Å². The van der Waals surface area contributed by atoms with Gasteiger partial charge >= 0.3 is 0 Å². The first kappa shape index (κ1) is 14.9. The Morgan fingerprint density at radius 2 is 1.78 bits per heavy atom. The van der Waals surface area contributed by atoms with Crippen molar-refractivity contribution in [1.82, 2.24) is 4.90 Å². The van der Waals surface area contributed by atoms with Gasteiger partial charge in [-0.25, -0.2) is 0 Å². The molecule has 0 unspecified atom stereocenters. The Kier molecular flexibility index (Phi) is 6.06. The molecule has 2 heteroatoms. The highest BCUT2D eigenvalue weighted by Crippen LogP contribution is 2.16. The quantitative estimate of drug-likeness (QED) is 0.685. The molecule has 0 bridgehead atoms. The number of rotatable bonds is 7. The van der Waals surface area contributed by atoms with E-state index in [0.717, 1.165) is 31.6 Å². The van der Waals surface area contributed by atoms with Gasteiger partial charge in [-0.1, -0.05) is 39.8 Å². The molecule has 0 aliphatic rings. The molecular weight excluding hydrogens is 222 g/mol. The maximum atomic E-state index is 12.0. The van der Waals surface area contributed by atoms with Crippen LogP contribution in [0.5, 0.6) is 0 Å². The highest BCUT2D eigenvalue weighted by atomic mass is 16.1. The van der Waals surface area contributed by atoms with Gasteiger partial charge in [0.25, 0.3) is 0 Å². The van der Waals surface area contributed by atoms with Gasteiger partial charge in [-0.3, -0.25) is 9.69 Å². The third-order valence-corrected chi connectivity index (χ3v) is 3.48. The normalized spacial score (nSPS) is 10.9. The number of Topliss-reactive ketones (excluding diaryl/α,β-unsaturated/α-hetero) is 1. The molecule has 0 amide bonds. The van der Waals surface area contributed by atoms with Gasteiger partial charge in [0.2, 0.25) is 0 Å². The topological polar surface area (TPSA) is 20.3 Å². The smallest absolute Gasteiger partial charge is 0.162 e. The minimum absolute atomic E-state index is 0.258. The fraction of sp³-hybridized carbons (Fsp3) is 0.562. The number of hydrogen-bond acceptors (Lipinski definition) is 2. The van der Waals surface area contributed by atoms with E-state index in [2.05, 4.69) is 43.9 Å². The highest BCUT2D eigenvalue weighted by Gasteiger charge is 2.10. The second kappa shape index (κ2) is 7.32. The zero-order valence-corrected chi connectivity index (χ0v) is 12.1. The third kappa shape index (κ3) is 3.67. The number of ketones is 1. The Balaban J connectivity index is 2.98. The van der Waals surface area contributed by atoms with Gasteiger partial charge in [0.1, 0.15) is 0 Å². The standard InChI is InChI=1S/C16H25NO/c1-5-14-10-9-13(12-17(7-3)8-4)11-15(14)16(18)6-2/h9-11H,5-8,12H2,1-4H3. The maximum Gasteiger partial charge on any atom is 0.162 e. The average Bonchev–Trinajstić information content (AvgIpc) is 2.43. The fourth-order valence-corrected chi connectivity index (χ4v) is 2.19. The Morgan fingerprint density at radius 1 is 1.11 bits per heavy atom. The summed E-state index contributed by atoms with van der Waals surface area (Å²) in [6.45, 7) is 11.4. The summed E-state index contributed by atoms with van der Waals surface area (Å²) < 4.78 is 0. The Bertz CT molecular complexity index is 394. The lowest BCUT2D eigenvalue weighted by Crippen LogP contribution is -2.22. The van der Waals surface area contributed by atoms with Gasteiger partial charge in [0, 0.05) is 18.5 Å². The molecule has 0 saturated carbocycles. The molecule has 0 atom stereocenters. The molecule has 0 aromatic heterocycles. The van der Waals surface area contributed by atoms with Gasteiger partial charge in [0.05, 0.1) is 0 Å². The van der Waals surface area contributed by atoms with Crippen molar-refractivity contribution in [2.24, 2.45) is 0 Å². The molecule has 2 nitrogen and oxygen atoms in total. The number of benzene rings is 1. The van der Waals surface area contributed by atoms with E-state index in [1.54, 1.807) is 0 Å². The first-order valence-corrected chi connectivity index (χ1v) is 7.03. The summed E-state index contributed by atoms with van der Waals surface area (Å²) in [6.07, 6.45) is 1.51. The van der Waals surface area contributed by atoms with Crippen molar-refractivity contribution >= 4 is 5.78 Å². The lowest BCUT2D eigenvalue weighted by atomic mass is 9.97. The average molecular weight is 247 g/mol. The van der Waals surface area contributed by atoms with Crippen molar-refractivity contribution in [2.75, 3.05) is 13.1 Å². The summed E-state index contributed by atoms with van der Waals surface area (Å²) in [5.41, 5.74) is 3.34. The van der Waals surface area contributed by atoms with Crippen LogP contribution in [0.15, 0.2) is 18.2 Å². The van der Waals surface area contributed by atoms with E-state index in [0.29, 0.717) is 6.42 Å². The first-order valence-electron chi connectivity index (χ1n) is 7.03. The summed E-state index contributed by atoms with van der Waals surface area (Å²) in [5, 5.41) is 0. The van der Waals surface area contributed by atoms with Crippen LogP contribution in [-0.4, -0.2) is 23.8 Å². The molecule has 0 heterocycles. The minimum Gasteiger partial charge on any atom is -0.300 e. The SMILES string of the molecule is CCC(=O)c1cc(CN(CC)CC)ccc1CC. The fourth-order valence-electron chi connectivity index (χ4n) is 2.19. The van der Waals surface area contributed by atoms with Gasteiger partial charge < -0.3 is 0 Å². The second-order valence-corrected chi connectivity index (χ2v) is 4.58. The lowest BCUT2D eigenvalue weighted by Gasteiger charge is -2.19. The number of hydrogen-bond donors (Lipinski definition) is 0. The molecule has 0 aliphatic carbocycles. The van der Waals surface area contributed by atoms with E-state index in [1.807, 2.05) is 6.92 Å². The maximum absolute atomic E-state index is 12.0. The molecule has 0 saturated heterocycles. The van der Waals surface area contributed by atoms with Crippen molar-refractivity contribution in [3.63, 3.8) is 0 Å². The van der Waals surface area contributed by atoms with Gasteiger partial charge in [-0.15, -0.1) is 0 Å². The van der Waals surface area contributed by atoms with Crippen LogP contribution in [0.25, 0.3) is 0 Å². The van der Waals surface area contributed by atoms with E-state index in [4.69, 9.17) is 0 Å². The van der Waals surface area contributed by atoms with E-state index in [-0.39, 0.29) is 5.78 Å². The molecule has 1 rings (SSSR count). The van der Waals surface area contributed by atoms with Crippen LogP contribution in [0, 0.1) is 0 Å². The monoisotopic (exact) mass is 247 g/mol. The van der Waals surface area contributed by atoms with Crippen LogP contribution in [0.4, 0.5) is 0 Å². The number of carbonyl (C=O) groups is 1. The third-order valence-electron chi connectivity index (χ3n) is 3.48. The second-order valence-electron chi connectivity index (χ2n) is 4.58. The Hall–Kier alpha value is -1.15. The molecule has 0 aliphatic heterocycles. The molecule has 18 heavy (non-hydrogen) atoms. The van der Waals surface area contributed by atoms with E-state index < -0.39 is 0 Å². The van der Waals surface area contributed by atoms with Crippen LogP contribution < -0.4 is 0 Å². The van der Waals surface area contributed by atoms with E-state index in [9.17, 15) is 4.79 Å². The van der Waals surface area contributed by atoms with Crippen LogP contribution >= 0.6 is 0 Å². The largest absolute Gasteiger partial charge is 0.300 e. The van der Waals surface area contributed by atoms with Crippen molar-refractivity contribution in [3.8, 4) is 0 Å². The zero-order chi connectivity index (χ0) is 13.5. The van der Waals surface area contributed by atoms with E-state index in [1.165, 1.54) is 11.1 Å². The van der Waals surface area contributed by atoms with Gasteiger partial charge in [-0.05, 0) is 36.7 Å². The predicted molar refractivity (Wildman–Crippen MR) is 77.1 cm³/mol. The van der Waals surface area contributed by atoms with Crippen LogP contribution in [0.1, 0.15) is 55.6 Å². The molecule has 1 aromatic carbocycles. The van der Waals surface area contributed by atoms with E-state index >= 15 is 0 Å². The van der Waals surface area contributed by atoms with Crippen molar-refractivity contribution < 1.29 is 4.79 Å². The molecule has 100 valence electrons. The number of carbonyl (C=O) groups excluding carboxylic acids is 1. The molecule has 1 aromatic rings.